The lowest BCUT2D eigenvalue weighted by Crippen LogP contribution is -2.02. The smallest absolute Gasteiger partial charge is 0.136 e. The van der Waals surface area contributed by atoms with Gasteiger partial charge in [0, 0.05) is 24.9 Å². The molecule has 1 aliphatic carbocycles. The fourth-order valence-corrected chi connectivity index (χ4v) is 2.08. The lowest BCUT2D eigenvalue weighted by Gasteiger charge is -1.99. The van der Waals surface area contributed by atoms with E-state index in [2.05, 4.69) is 5.10 Å². The van der Waals surface area contributed by atoms with Crippen molar-refractivity contribution in [2.75, 3.05) is 0 Å². The number of carbonyl (C=O) groups excluding carboxylic acids is 1. The Morgan fingerprint density at radius 3 is 2.73 bits per heavy atom. The van der Waals surface area contributed by atoms with Gasteiger partial charge in [-0.05, 0) is 26.2 Å². The Hall–Kier alpha value is -0.830. The van der Waals surface area contributed by atoms with Crippen LogP contribution >= 0.6 is 11.6 Å². The van der Waals surface area contributed by atoms with Crippen LogP contribution in [0.4, 0.5) is 0 Å². The van der Waals surface area contributed by atoms with Gasteiger partial charge in [0.05, 0.1) is 5.69 Å². The lowest BCUT2D eigenvalue weighted by molar-refractivity contribution is -0.120. The Morgan fingerprint density at radius 1 is 1.60 bits per heavy atom. The van der Waals surface area contributed by atoms with Crippen molar-refractivity contribution in [2.45, 2.75) is 32.6 Å². The van der Waals surface area contributed by atoms with E-state index in [1.807, 2.05) is 14.0 Å². The summed E-state index contributed by atoms with van der Waals surface area (Å²) in [6.07, 6.45) is 3.50. The van der Waals surface area contributed by atoms with Crippen LogP contribution in [0, 0.1) is 12.8 Å². The quantitative estimate of drug-likeness (QED) is 0.790. The average molecular weight is 227 g/mol. The largest absolute Gasteiger partial charge is 0.299 e. The molecule has 15 heavy (non-hydrogen) atoms. The van der Waals surface area contributed by atoms with E-state index in [9.17, 15) is 4.79 Å². The Kier molecular flexibility index (Phi) is 2.83. The van der Waals surface area contributed by atoms with Gasteiger partial charge < -0.3 is 0 Å². The third kappa shape index (κ3) is 2.23. The molecule has 2 rings (SSSR count). The summed E-state index contributed by atoms with van der Waals surface area (Å²) in [7, 11) is 1.82. The van der Waals surface area contributed by atoms with Crippen LogP contribution in [-0.2, 0) is 18.3 Å². The molecule has 0 bridgehead atoms. The first-order valence-corrected chi connectivity index (χ1v) is 5.68. The normalized spacial score (nSPS) is 15.7. The second-order valence-electron chi connectivity index (χ2n) is 4.22. The van der Waals surface area contributed by atoms with Gasteiger partial charge in [-0.25, -0.2) is 0 Å². The van der Waals surface area contributed by atoms with Crippen molar-refractivity contribution in [2.24, 2.45) is 13.0 Å². The molecular weight excluding hydrogens is 212 g/mol. The average Bonchev–Trinajstić information content (AvgIpc) is 2.96. The zero-order valence-electron chi connectivity index (χ0n) is 9.09. The molecule has 0 unspecified atom stereocenters. The molecule has 0 spiro atoms. The van der Waals surface area contributed by atoms with Crippen molar-refractivity contribution in [3.8, 4) is 0 Å². The minimum atomic E-state index is 0.348. The summed E-state index contributed by atoms with van der Waals surface area (Å²) in [5.41, 5.74) is 1.96. The van der Waals surface area contributed by atoms with E-state index in [1.165, 1.54) is 0 Å². The van der Waals surface area contributed by atoms with Gasteiger partial charge in [0.2, 0.25) is 0 Å². The van der Waals surface area contributed by atoms with Crippen LogP contribution in [-0.4, -0.2) is 15.6 Å². The highest BCUT2D eigenvalue weighted by Crippen LogP contribution is 2.31. The second kappa shape index (κ2) is 3.97. The predicted molar refractivity (Wildman–Crippen MR) is 59.0 cm³/mol. The number of aryl methyl sites for hydroxylation is 2. The van der Waals surface area contributed by atoms with Gasteiger partial charge in [-0.1, -0.05) is 11.6 Å². The van der Waals surface area contributed by atoms with E-state index in [0.29, 0.717) is 23.3 Å². The fourth-order valence-electron chi connectivity index (χ4n) is 1.82. The first kappa shape index (κ1) is 10.7. The molecule has 0 atom stereocenters. The van der Waals surface area contributed by atoms with Crippen LogP contribution in [0.15, 0.2) is 0 Å². The van der Waals surface area contributed by atoms with Crippen LogP contribution in [0.1, 0.15) is 30.5 Å². The van der Waals surface area contributed by atoms with E-state index < -0.39 is 0 Å². The molecule has 0 amide bonds. The standard InChI is InChI=1S/C11H15ClN2O/c1-7-9(11(12)14(2)13-7)5-6-10(15)8-3-4-8/h8H,3-6H2,1-2H3. The minimum absolute atomic E-state index is 0.348. The van der Waals surface area contributed by atoms with Crippen LogP contribution in [0.3, 0.4) is 0 Å². The molecule has 1 fully saturated rings. The van der Waals surface area contributed by atoms with Gasteiger partial charge in [0.15, 0.2) is 0 Å². The third-order valence-corrected chi connectivity index (χ3v) is 3.40. The molecule has 0 N–H and O–H groups in total. The minimum Gasteiger partial charge on any atom is -0.299 e. The zero-order chi connectivity index (χ0) is 11.0. The molecule has 4 heteroatoms. The summed E-state index contributed by atoms with van der Waals surface area (Å²) in [6, 6.07) is 0. The highest BCUT2D eigenvalue weighted by Gasteiger charge is 2.29. The van der Waals surface area contributed by atoms with E-state index in [0.717, 1.165) is 30.5 Å². The summed E-state index contributed by atoms with van der Waals surface area (Å²) >= 11 is 6.08. The maximum atomic E-state index is 11.5. The first-order chi connectivity index (χ1) is 7.09. The number of rotatable bonds is 4. The van der Waals surface area contributed by atoms with Crippen molar-refractivity contribution in [1.29, 1.82) is 0 Å². The molecule has 3 nitrogen and oxygen atoms in total. The molecule has 1 saturated carbocycles. The predicted octanol–water partition coefficient (Wildman–Crippen LogP) is 2.29. The number of aromatic nitrogens is 2. The van der Waals surface area contributed by atoms with Gasteiger partial charge in [0.1, 0.15) is 10.9 Å². The van der Waals surface area contributed by atoms with Gasteiger partial charge >= 0.3 is 0 Å². The topological polar surface area (TPSA) is 34.9 Å². The van der Waals surface area contributed by atoms with E-state index in [4.69, 9.17) is 11.6 Å². The van der Waals surface area contributed by atoms with Gasteiger partial charge in [-0.2, -0.15) is 5.10 Å². The molecule has 82 valence electrons. The number of nitrogens with zero attached hydrogens (tertiary/aromatic N) is 2. The van der Waals surface area contributed by atoms with E-state index >= 15 is 0 Å². The molecule has 1 aliphatic rings. The van der Waals surface area contributed by atoms with Gasteiger partial charge in [-0.3, -0.25) is 9.48 Å². The third-order valence-electron chi connectivity index (χ3n) is 2.92. The summed E-state index contributed by atoms with van der Waals surface area (Å²) in [4.78, 5) is 11.5. The monoisotopic (exact) mass is 226 g/mol. The Morgan fingerprint density at radius 2 is 2.27 bits per heavy atom. The van der Waals surface area contributed by atoms with Crippen LogP contribution in [0.25, 0.3) is 0 Å². The Labute approximate surface area is 94.4 Å². The number of ketones is 1. The highest BCUT2D eigenvalue weighted by molar-refractivity contribution is 6.30. The Balaban J connectivity index is 2.00. The van der Waals surface area contributed by atoms with Crippen molar-refractivity contribution < 1.29 is 4.79 Å². The molecule has 0 saturated heterocycles. The second-order valence-corrected chi connectivity index (χ2v) is 4.58. The number of carbonyl (C=O) groups is 1. The number of hydrogen-bond donors (Lipinski definition) is 0. The molecular formula is C11H15ClN2O. The van der Waals surface area contributed by atoms with Crippen molar-refractivity contribution in [1.82, 2.24) is 9.78 Å². The van der Waals surface area contributed by atoms with Crippen LogP contribution < -0.4 is 0 Å². The molecule has 0 aliphatic heterocycles. The Bertz CT molecular complexity index is 394. The number of halogens is 1. The van der Waals surface area contributed by atoms with Crippen molar-refractivity contribution in [3.63, 3.8) is 0 Å². The van der Waals surface area contributed by atoms with E-state index in [-0.39, 0.29) is 0 Å². The fraction of sp³-hybridized carbons (Fsp3) is 0.636. The number of hydrogen-bond acceptors (Lipinski definition) is 2. The first-order valence-electron chi connectivity index (χ1n) is 5.30. The summed E-state index contributed by atoms with van der Waals surface area (Å²) in [5.74, 6) is 0.732. The summed E-state index contributed by atoms with van der Waals surface area (Å²) < 4.78 is 1.66. The van der Waals surface area contributed by atoms with Crippen molar-refractivity contribution in [3.05, 3.63) is 16.4 Å². The summed E-state index contributed by atoms with van der Waals surface area (Å²) in [6.45, 7) is 1.93. The number of Topliss-reactive ketones (excluding diaryl/α,β-unsaturated/α-hetero) is 1. The van der Waals surface area contributed by atoms with Crippen LogP contribution in [0.2, 0.25) is 5.15 Å². The molecule has 0 radical (unpaired) electrons. The summed E-state index contributed by atoms with van der Waals surface area (Å²) in [5, 5.41) is 4.89. The zero-order valence-corrected chi connectivity index (χ0v) is 9.84. The van der Waals surface area contributed by atoms with Crippen molar-refractivity contribution >= 4 is 17.4 Å². The molecule has 1 aromatic heterocycles. The molecule has 0 aromatic carbocycles. The lowest BCUT2D eigenvalue weighted by atomic mass is 10.1. The van der Waals surface area contributed by atoms with Gasteiger partial charge in [-0.15, -0.1) is 0 Å². The SMILES string of the molecule is Cc1nn(C)c(Cl)c1CCC(=O)C1CC1. The maximum Gasteiger partial charge on any atom is 0.136 e. The molecule has 1 heterocycles. The van der Waals surface area contributed by atoms with Crippen LogP contribution in [0.5, 0.6) is 0 Å². The van der Waals surface area contributed by atoms with Gasteiger partial charge in [0.25, 0.3) is 0 Å². The van der Waals surface area contributed by atoms with E-state index in [1.54, 1.807) is 4.68 Å². The molecule has 1 aromatic rings. The highest BCUT2D eigenvalue weighted by atomic mass is 35.5. The maximum absolute atomic E-state index is 11.5.